The van der Waals surface area contributed by atoms with Crippen molar-refractivity contribution in [3.8, 4) is 0 Å². The summed E-state index contributed by atoms with van der Waals surface area (Å²) in [5, 5.41) is 3.39. The third kappa shape index (κ3) is 4.69. The number of nitrogens with zero attached hydrogens (tertiary/aromatic N) is 1. The van der Waals surface area contributed by atoms with Gasteiger partial charge in [0.15, 0.2) is 0 Å². The minimum Gasteiger partial charge on any atom is -0.326 e. The molecule has 1 fully saturated rings. The second kappa shape index (κ2) is 9.15. The van der Waals surface area contributed by atoms with Crippen molar-refractivity contribution < 1.29 is 14.0 Å². The van der Waals surface area contributed by atoms with Crippen molar-refractivity contribution in [2.45, 2.75) is 10.3 Å². The second-order valence-corrected chi connectivity index (χ2v) is 9.95. The Hall–Kier alpha value is -2.31. The van der Waals surface area contributed by atoms with Gasteiger partial charge in [0.25, 0.3) is 5.91 Å². The van der Waals surface area contributed by atoms with E-state index >= 15 is 0 Å². The molecule has 0 unspecified atom stereocenters. The Morgan fingerprint density at radius 1 is 0.970 bits per heavy atom. The quantitative estimate of drug-likeness (QED) is 0.367. The summed E-state index contributed by atoms with van der Waals surface area (Å²) >= 11 is 24.8. The van der Waals surface area contributed by atoms with Gasteiger partial charge in [-0.15, -0.1) is 23.2 Å². The normalized spacial score (nSPS) is 18.5. The van der Waals surface area contributed by atoms with E-state index in [1.165, 1.54) is 17.0 Å². The molecule has 1 N–H and O–H groups in total. The summed E-state index contributed by atoms with van der Waals surface area (Å²) in [5.41, 5.74) is 1.34. The van der Waals surface area contributed by atoms with Crippen molar-refractivity contribution in [2.75, 3.05) is 17.3 Å². The highest BCUT2D eigenvalue weighted by atomic mass is 35.5. The van der Waals surface area contributed by atoms with Crippen LogP contribution < -0.4 is 10.2 Å². The summed E-state index contributed by atoms with van der Waals surface area (Å²) < 4.78 is 13.1. The molecule has 0 heterocycles. The summed E-state index contributed by atoms with van der Waals surface area (Å²) in [4.78, 5) is 27.1. The lowest BCUT2D eigenvalue weighted by Crippen LogP contribution is -2.27. The molecule has 0 aromatic heterocycles. The number of rotatable bonds is 5. The Bertz CT molecular complexity index is 1240. The predicted octanol–water partition coefficient (Wildman–Crippen LogP) is 6.94. The van der Waals surface area contributed by atoms with Crippen molar-refractivity contribution in [2.24, 2.45) is 5.92 Å². The van der Waals surface area contributed by atoms with E-state index in [-0.39, 0.29) is 11.3 Å². The molecule has 0 aliphatic heterocycles. The first-order valence-electron chi connectivity index (χ1n) is 9.87. The third-order valence-electron chi connectivity index (χ3n) is 5.55. The largest absolute Gasteiger partial charge is 0.326 e. The molecule has 0 saturated heterocycles. The number of anilines is 2. The fraction of sp³-hybridized carbons (Fsp3) is 0.167. The molecule has 4 rings (SSSR count). The number of amides is 2. The molecule has 2 atom stereocenters. The van der Waals surface area contributed by atoms with E-state index in [0.29, 0.717) is 21.3 Å². The van der Waals surface area contributed by atoms with E-state index in [4.69, 9.17) is 46.4 Å². The van der Waals surface area contributed by atoms with Crippen molar-refractivity contribution in [1.82, 2.24) is 0 Å². The average molecular weight is 526 g/mol. The molecule has 0 bridgehead atoms. The molecule has 0 spiro atoms. The van der Waals surface area contributed by atoms with Gasteiger partial charge in [0, 0.05) is 24.3 Å². The maximum absolute atomic E-state index is 14.5. The van der Waals surface area contributed by atoms with Gasteiger partial charge in [0.2, 0.25) is 5.91 Å². The van der Waals surface area contributed by atoms with Crippen molar-refractivity contribution in [1.29, 1.82) is 0 Å². The molecular weight excluding hydrogens is 509 g/mol. The fourth-order valence-electron chi connectivity index (χ4n) is 3.71. The molecule has 1 aliphatic carbocycles. The summed E-state index contributed by atoms with van der Waals surface area (Å²) in [6, 6.07) is 17.5. The lowest BCUT2D eigenvalue weighted by atomic mass is 10.1. The van der Waals surface area contributed by atoms with E-state index in [9.17, 15) is 14.0 Å². The van der Waals surface area contributed by atoms with Gasteiger partial charge in [-0.25, -0.2) is 4.39 Å². The van der Waals surface area contributed by atoms with E-state index in [1.807, 2.05) is 6.07 Å². The molecular formula is C24H17Cl4FN2O2. The van der Waals surface area contributed by atoms with E-state index in [1.54, 1.807) is 49.5 Å². The number of carbonyl (C=O) groups excluding carboxylic acids is 2. The zero-order valence-corrected chi connectivity index (χ0v) is 20.2. The van der Waals surface area contributed by atoms with Crippen LogP contribution in [0.15, 0.2) is 66.7 Å². The van der Waals surface area contributed by atoms with Crippen LogP contribution in [0.1, 0.15) is 21.8 Å². The van der Waals surface area contributed by atoms with E-state index in [2.05, 4.69) is 5.32 Å². The Balaban J connectivity index is 1.53. The Kier molecular flexibility index (Phi) is 6.61. The molecule has 3 aromatic rings. The second-order valence-electron chi connectivity index (χ2n) is 7.69. The zero-order chi connectivity index (χ0) is 23.9. The molecule has 4 nitrogen and oxygen atoms in total. The van der Waals surface area contributed by atoms with Crippen LogP contribution in [0.5, 0.6) is 0 Å². The average Bonchev–Trinajstić information content (AvgIpc) is 3.38. The number of hydrogen-bond acceptors (Lipinski definition) is 2. The highest BCUT2D eigenvalue weighted by Gasteiger charge is 2.67. The van der Waals surface area contributed by atoms with Gasteiger partial charge in [0.05, 0.1) is 21.5 Å². The van der Waals surface area contributed by atoms with Gasteiger partial charge in [-0.05, 0) is 48.0 Å². The summed E-state index contributed by atoms with van der Waals surface area (Å²) in [6.07, 6.45) is 0. The van der Waals surface area contributed by atoms with Gasteiger partial charge >= 0.3 is 0 Å². The molecule has 0 radical (unpaired) electrons. The van der Waals surface area contributed by atoms with Crippen LogP contribution in [-0.2, 0) is 4.79 Å². The summed E-state index contributed by atoms with van der Waals surface area (Å²) in [7, 11) is 1.55. The molecule has 1 aliphatic rings. The number of nitrogens with one attached hydrogen (secondary N) is 1. The Labute approximate surface area is 210 Å². The van der Waals surface area contributed by atoms with Crippen molar-refractivity contribution in [3.05, 3.63) is 93.7 Å². The Morgan fingerprint density at radius 2 is 1.67 bits per heavy atom. The van der Waals surface area contributed by atoms with Crippen LogP contribution in [0.2, 0.25) is 10.0 Å². The first-order chi connectivity index (χ1) is 15.6. The number of halogens is 5. The topological polar surface area (TPSA) is 49.4 Å². The van der Waals surface area contributed by atoms with Crippen LogP contribution in [0.4, 0.5) is 15.8 Å². The summed E-state index contributed by atoms with van der Waals surface area (Å²) in [5.74, 6) is -2.99. The van der Waals surface area contributed by atoms with Gasteiger partial charge < -0.3 is 10.2 Å². The lowest BCUT2D eigenvalue weighted by Gasteiger charge is -2.18. The minimum absolute atomic E-state index is 0.181. The van der Waals surface area contributed by atoms with Gasteiger partial charge in [0.1, 0.15) is 10.2 Å². The van der Waals surface area contributed by atoms with Gasteiger partial charge in [-0.3, -0.25) is 9.59 Å². The van der Waals surface area contributed by atoms with Crippen LogP contribution >= 0.6 is 46.4 Å². The molecule has 170 valence electrons. The van der Waals surface area contributed by atoms with Crippen molar-refractivity contribution in [3.63, 3.8) is 0 Å². The lowest BCUT2D eigenvalue weighted by molar-refractivity contribution is -0.117. The van der Waals surface area contributed by atoms with Crippen LogP contribution in [0.25, 0.3) is 0 Å². The maximum atomic E-state index is 14.5. The summed E-state index contributed by atoms with van der Waals surface area (Å²) in [6.45, 7) is 0. The molecule has 3 aromatic carbocycles. The monoisotopic (exact) mass is 524 g/mol. The Morgan fingerprint density at radius 3 is 2.33 bits per heavy atom. The highest BCUT2D eigenvalue weighted by molar-refractivity contribution is 6.53. The van der Waals surface area contributed by atoms with Gasteiger partial charge in [-0.2, -0.15) is 0 Å². The minimum atomic E-state index is -1.34. The molecule has 2 amide bonds. The third-order valence-corrected chi connectivity index (χ3v) is 7.23. The predicted molar refractivity (Wildman–Crippen MR) is 131 cm³/mol. The standard InChI is InChI=1S/C24H17Cl4FN2O2/c1-31(15-5-3-2-4-6-15)23(33)16-12-14(8-10-19(16)29)30-22(32)21-20(24(21,27)28)13-7-9-17(25)18(26)11-13/h2-12,20-21H,1H3,(H,30,32)/t20-,21+/m1/s1. The molecule has 33 heavy (non-hydrogen) atoms. The number of benzene rings is 3. The number of para-hydroxylation sites is 1. The molecule has 1 saturated carbocycles. The number of alkyl halides is 2. The molecule has 9 heteroatoms. The smallest absolute Gasteiger partial charge is 0.261 e. The number of hydrogen-bond donors (Lipinski definition) is 1. The SMILES string of the molecule is CN(C(=O)c1cc(NC(=O)[C@@H]2[C@@H](c3ccc(Cl)c(Cl)c3)C2(Cl)Cl)ccc1F)c1ccccc1. The van der Waals surface area contributed by atoms with E-state index < -0.39 is 33.8 Å². The van der Waals surface area contributed by atoms with Crippen LogP contribution in [0.3, 0.4) is 0 Å². The van der Waals surface area contributed by atoms with Crippen molar-refractivity contribution >= 4 is 69.6 Å². The van der Waals surface area contributed by atoms with Gasteiger partial charge in [-0.1, -0.05) is 47.5 Å². The first-order valence-corrected chi connectivity index (χ1v) is 11.4. The van der Waals surface area contributed by atoms with E-state index in [0.717, 1.165) is 6.07 Å². The maximum Gasteiger partial charge on any atom is 0.261 e. The number of carbonyl (C=O) groups is 2. The highest BCUT2D eigenvalue weighted by Crippen LogP contribution is 2.65. The first kappa shape index (κ1) is 23.8. The zero-order valence-electron chi connectivity index (χ0n) is 17.2. The fourth-order valence-corrected chi connectivity index (χ4v) is 4.84. The van der Waals surface area contributed by atoms with Crippen LogP contribution in [0, 0.1) is 11.7 Å². The van der Waals surface area contributed by atoms with Crippen LogP contribution in [-0.4, -0.2) is 23.2 Å².